The van der Waals surface area contributed by atoms with Crippen molar-refractivity contribution in [1.82, 2.24) is 0 Å². The minimum atomic E-state index is -0.411. The molecule has 0 aromatic heterocycles. The van der Waals surface area contributed by atoms with Crippen LogP contribution in [0.25, 0.3) is 10.8 Å². The first-order chi connectivity index (χ1) is 12.2. The first-order valence-electron chi connectivity index (χ1n) is 8.32. The van der Waals surface area contributed by atoms with Gasteiger partial charge in [0.05, 0.1) is 13.0 Å². The molecule has 0 saturated carbocycles. The lowest BCUT2D eigenvalue weighted by atomic mass is 9.86. The van der Waals surface area contributed by atoms with Gasteiger partial charge in [-0.25, -0.2) is 0 Å². The average molecular weight is 328 g/mol. The van der Waals surface area contributed by atoms with Gasteiger partial charge in [0.15, 0.2) is 0 Å². The largest absolute Gasteiger partial charge is 0.469 e. The number of esters is 1. The summed E-state index contributed by atoms with van der Waals surface area (Å²) in [5, 5.41) is 2.26. The molecule has 3 rings (SSSR count). The molecule has 0 amide bonds. The molecule has 25 heavy (non-hydrogen) atoms. The lowest BCUT2D eigenvalue weighted by Gasteiger charge is -2.18. The van der Waals surface area contributed by atoms with Crippen molar-refractivity contribution in [3.8, 4) is 11.8 Å². The molecular formula is C23H20O2. The van der Waals surface area contributed by atoms with Crippen molar-refractivity contribution in [2.45, 2.75) is 12.8 Å². The molecule has 0 saturated heterocycles. The third-order valence-electron chi connectivity index (χ3n) is 4.31. The summed E-state index contributed by atoms with van der Waals surface area (Å²) in [5.74, 6) is 5.53. The fourth-order valence-corrected chi connectivity index (χ4v) is 2.96. The number of methoxy groups -OCH3 is 1. The Morgan fingerprint density at radius 2 is 1.60 bits per heavy atom. The minimum absolute atomic E-state index is 0.159. The number of ether oxygens (including phenoxy) is 1. The molecule has 2 atom stereocenters. The summed E-state index contributed by atoms with van der Waals surface area (Å²) >= 11 is 0. The highest BCUT2D eigenvalue weighted by molar-refractivity contribution is 5.86. The fraction of sp³-hybridized carbons (Fsp3) is 0.174. The average Bonchev–Trinajstić information content (AvgIpc) is 2.67. The van der Waals surface area contributed by atoms with Crippen molar-refractivity contribution >= 4 is 16.7 Å². The summed E-state index contributed by atoms with van der Waals surface area (Å²) in [5.41, 5.74) is 1.87. The van der Waals surface area contributed by atoms with Gasteiger partial charge in [0.1, 0.15) is 0 Å². The Morgan fingerprint density at radius 1 is 0.920 bits per heavy atom. The maximum absolute atomic E-state index is 12.4. The predicted molar refractivity (Wildman–Crippen MR) is 101 cm³/mol. The van der Waals surface area contributed by atoms with Gasteiger partial charge >= 0.3 is 5.97 Å². The molecule has 0 spiro atoms. The second-order valence-corrected chi connectivity index (χ2v) is 6.03. The highest BCUT2D eigenvalue weighted by Gasteiger charge is 2.27. The van der Waals surface area contributed by atoms with Crippen molar-refractivity contribution in [3.05, 3.63) is 83.9 Å². The van der Waals surface area contributed by atoms with E-state index in [-0.39, 0.29) is 11.9 Å². The van der Waals surface area contributed by atoms with Gasteiger partial charge in [-0.15, -0.1) is 0 Å². The molecule has 0 N–H and O–H groups in total. The molecule has 2 unspecified atom stereocenters. The summed E-state index contributed by atoms with van der Waals surface area (Å²) < 4.78 is 5.05. The predicted octanol–water partition coefficient (Wildman–Crippen LogP) is 4.78. The maximum atomic E-state index is 12.4. The van der Waals surface area contributed by atoms with E-state index < -0.39 is 5.92 Å². The van der Waals surface area contributed by atoms with Crippen LogP contribution in [0, 0.1) is 17.8 Å². The summed E-state index contributed by atoms with van der Waals surface area (Å²) in [7, 11) is 1.42. The van der Waals surface area contributed by atoms with Gasteiger partial charge in [0.25, 0.3) is 0 Å². The molecule has 0 fully saturated rings. The standard InChI is InChI=1S/C23H20O2/c1-17(12-13-18-8-4-3-5-9-18)22(23(24)25-2)21-15-14-19-10-6-7-11-20(19)16-21/h3-11,14-17,22H,1-2H3. The van der Waals surface area contributed by atoms with E-state index in [0.29, 0.717) is 0 Å². The summed E-state index contributed by atoms with van der Waals surface area (Å²) in [4.78, 5) is 12.4. The lowest BCUT2D eigenvalue weighted by molar-refractivity contribution is -0.143. The first kappa shape index (κ1) is 16.8. The molecule has 124 valence electrons. The molecule has 0 aliphatic rings. The quantitative estimate of drug-likeness (QED) is 0.511. The van der Waals surface area contributed by atoms with E-state index in [2.05, 4.69) is 24.0 Å². The molecular weight excluding hydrogens is 308 g/mol. The molecule has 3 aromatic rings. The molecule has 0 bridgehead atoms. The van der Waals surface area contributed by atoms with Crippen molar-refractivity contribution in [2.24, 2.45) is 5.92 Å². The zero-order chi connectivity index (χ0) is 17.6. The third kappa shape index (κ3) is 3.89. The zero-order valence-electron chi connectivity index (χ0n) is 14.4. The van der Waals surface area contributed by atoms with E-state index in [1.54, 1.807) is 0 Å². The van der Waals surface area contributed by atoms with E-state index in [9.17, 15) is 4.79 Å². The van der Waals surface area contributed by atoms with E-state index in [1.165, 1.54) is 7.11 Å². The van der Waals surface area contributed by atoms with Crippen LogP contribution in [0.4, 0.5) is 0 Å². The topological polar surface area (TPSA) is 26.3 Å². The van der Waals surface area contributed by atoms with Crippen molar-refractivity contribution in [2.75, 3.05) is 7.11 Å². The van der Waals surface area contributed by atoms with Crippen molar-refractivity contribution in [3.63, 3.8) is 0 Å². The smallest absolute Gasteiger partial charge is 0.314 e. The normalized spacial score (nSPS) is 12.7. The second kappa shape index (κ2) is 7.68. The number of carbonyl (C=O) groups is 1. The molecule has 0 aliphatic carbocycles. The van der Waals surface area contributed by atoms with E-state index >= 15 is 0 Å². The van der Waals surface area contributed by atoms with Crippen LogP contribution in [-0.2, 0) is 9.53 Å². The highest BCUT2D eigenvalue weighted by Crippen LogP contribution is 2.28. The Morgan fingerprint density at radius 3 is 2.32 bits per heavy atom. The summed E-state index contributed by atoms with van der Waals surface area (Å²) in [6.07, 6.45) is 0. The minimum Gasteiger partial charge on any atom is -0.469 e. The van der Waals surface area contributed by atoms with Gasteiger partial charge in [-0.05, 0) is 28.5 Å². The van der Waals surface area contributed by atoms with Crippen LogP contribution in [0.5, 0.6) is 0 Å². The Labute approximate surface area is 148 Å². The van der Waals surface area contributed by atoms with Gasteiger partial charge in [-0.1, -0.05) is 79.4 Å². The Hall–Kier alpha value is -3.05. The van der Waals surface area contributed by atoms with Gasteiger partial charge in [-0.3, -0.25) is 4.79 Å². The van der Waals surface area contributed by atoms with E-state index in [0.717, 1.165) is 21.9 Å². The molecule has 2 nitrogen and oxygen atoms in total. The van der Waals surface area contributed by atoms with Crippen LogP contribution < -0.4 is 0 Å². The SMILES string of the molecule is COC(=O)C(c1ccc2ccccc2c1)C(C)C#Cc1ccccc1. The number of fused-ring (bicyclic) bond motifs is 1. The number of rotatable bonds is 3. The highest BCUT2D eigenvalue weighted by atomic mass is 16.5. The monoisotopic (exact) mass is 328 g/mol. The summed E-state index contributed by atoms with van der Waals surface area (Å²) in [6, 6.07) is 24.0. The van der Waals surface area contributed by atoms with Crippen LogP contribution in [0.3, 0.4) is 0 Å². The van der Waals surface area contributed by atoms with Crippen LogP contribution in [0.15, 0.2) is 72.8 Å². The Bertz CT molecular complexity index is 932. The maximum Gasteiger partial charge on any atom is 0.314 e. The van der Waals surface area contributed by atoms with Gasteiger partial charge < -0.3 is 4.74 Å². The van der Waals surface area contributed by atoms with Crippen LogP contribution in [0.2, 0.25) is 0 Å². The molecule has 0 aliphatic heterocycles. The van der Waals surface area contributed by atoms with Crippen LogP contribution >= 0.6 is 0 Å². The molecule has 0 radical (unpaired) electrons. The Balaban J connectivity index is 1.96. The Kier molecular flexibility index (Phi) is 5.16. The summed E-state index contributed by atoms with van der Waals surface area (Å²) in [6.45, 7) is 1.96. The van der Waals surface area contributed by atoms with Crippen LogP contribution in [-0.4, -0.2) is 13.1 Å². The van der Waals surface area contributed by atoms with Gasteiger partial charge in [0, 0.05) is 11.5 Å². The lowest BCUT2D eigenvalue weighted by Crippen LogP contribution is -2.20. The van der Waals surface area contributed by atoms with Crippen molar-refractivity contribution < 1.29 is 9.53 Å². The molecule has 2 heteroatoms. The van der Waals surface area contributed by atoms with Gasteiger partial charge in [-0.2, -0.15) is 0 Å². The number of benzene rings is 3. The van der Waals surface area contributed by atoms with Crippen LogP contribution in [0.1, 0.15) is 24.0 Å². The second-order valence-electron chi connectivity index (χ2n) is 6.03. The number of hydrogen-bond donors (Lipinski definition) is 0. The molecule has 0 heterocycles. The van der Waals surface area contributed by atoms with E-state index in [4.69, 9.17) is 4.74 Å². The van der Waals surface area contributed by atoms with Crippen molar-refractivity contribution in [1.29, 1.82) is 0 Å². The number of hydrogen-bond acceptors (Lipinski definition) is 2. The zero-order valence-corrected chi connectivity index (χ0v) is 14.4. The first-order valence-corrected chi connectivity index (χ1v) is 8.32. The fourth-order valence-electron chi connectivity index (χ4n) is 2.96. The third-order valence-corrected chi connectivity index (χ3v) is 4.31. The van der Waals surface area contributed by atoms with Gasteiger partial charge in [0.2, 0.25) is 0 Å². The van der Waals surface area contributed by atoms with E-state index in [1.807, 2.05) is 67.6 Å². The number of carbonyl (C=O) groups excluding carboxylic acids is 1. The molecule has 3 aromatic carbocycles.